The Morgan fingerprint density at radius 1 is 1.20 bits per heavy atom. The van der Waals surface area contributed by atoms with Crippen molar-refractivity contribution in [3.05, 3.63) is 45.3 Å². The molecule has 2 saturated heterocycles. The minimum atomic E-state index is -5.09. The van der Waals surface area contributed by atoms with Gasteiger partial charge in [-0.15, -0.1) is 0 Å². The fourth-order valence-electron chi connectivity index (χ4n) is 4.56. The molecule has 2 fully saturated rings. The molecular weight excluding hydrogens is 577 g/mol. The second kappa shape index (κ2) is 10.3. The molecule has 0 radical (unpaired) electrons. The fourth-order valence-corrected chi connectivity index (χ4v) is 5.48. The molecule has 220 valence electrons. The molecule has 6 heterocycles. The number of anilines is 1. The molecule has 2 aliphatic heterocycles. The predicted molar refractivity (Wildman–Crippen MR) is 129 cm³/mol. The Morgan fingerprint density at radius 3 is 2.80 bits per heavy atom. The van der Waals surface area contributed by atoms with Crippen molar-refractivity contribution < 1.29 is 48.0 Å². The molecule has 6 rings (SSSR count). The van der Waals surface area contributed by atoms with E-state index in [4.69, 9.17) is 29.0 Å². The lowest BCUT2D eigenvalue weighted by Gasteiger charge is -2.29. The fraction of sp³-hybridized carbons (Fsp3) is 0.474. The summed E-state index contributed by atoms with van der Waals surface area (Å²) in [4.78, 5) is 50.8. The molecule has 0 spiro atoms. The van der Waals surface area contributed by atoms with E-state index >= 15 is 0 Å². The predicted octanol–water partition coefficient (Wildman–Crippen LogP) is -3.38. The van der Waals surface area contributed by atoms with Crippen molar-refractivity contribution in [3.63, 3.8) is 0 Å². The minimum absolute atomic E-state index is 0.0872. The van der Waals surface area contributed by atoms with Gasteiger partial charge in [0, 0.05) is 5.56 Å². The number of phosphoric ester groups is 1. The maximum atomic E-state index is 12.9. The van der Waals surface area contributed by atoms with E-state index in [9.17, 15) is 34.4 Å². The Bertz CT molecular complexity index is 1750. The van der Waals surface area contributed by atoms with Gasteiger partial charge in [0.2, 0.25) is 5.95 Å². The Hall–Kier alpha value is -3.63. The molecule has 4 aromatic heterocycles. The Labute approximate surface area is 225 Å². The molecule has 8 unspecified atom stereocenters. The molecule has 8 atom stereocenters. The molecule has 41 heavy (non-hydrogen) atoms. The third-order valence-corrected chi connectivity index (χ3v) is 7.43. The number of aromatic nitrogens is 8. The zero-order valence-electron chi connectivity index (χ0n) is 20.5. The smallest absolute Gasteiger partial charge is 0.387 e. The quantitative estimate of drug-likeness (QED) is 0.113. The average Bonchev–Trinajstić information content (AvgIpc) is 3.62. The van der Waals surface area contributed by atoms with Gasteiger partial charge in [0.05, 0.1) is 25.5 Å². The van der Waals surface area contributed by atoms with Crippen LogP contribution in [0.15, 0.2) is 28.4 Å². The largest absolute Gasteiger partial charge is 0.472 e. The molecule has 0 saturated carbocycles. The lowest BCUT2D eigenvalue weighted by atomic mass is 10.0. The lowest BCUT2D eigenvalue weighted by Crippen LogP contribution is -2.40. The number of hydrogen-bond acceptors (Lipinski definition) is 16. The van der Waals surface area contributed by atoms with Gasteiger partial charge in [0.1, 0.15) is 24.4 Å². The molecule has 0 bridgehead atoms. The number of imidazole rings is 1. The van der Waals surface area contributed by atoms with Gasteiger partial charge in [-0.3, -0.25) is 28.4 Å². The molecule has 2 aliphatic rings. The normalized spacial score (nSPS) is 32.1. The molecule has 22 heteroatoms. The number of nitrogens with two attached hydrogens (primary N) is 1. The second-order valence-electron chi connectivity index (χ2n) is 8.96. The van der Waals surface area contributed by atoms with Crippen molar-refractivity contribution in [2.45, 2.75) is 43.0 Å². The molecular formula is C19H22N9O12P. The van der Waals surface area contributed by atoms with Crippen LogP contribution in [0.5, 0.6) is 0 Å². The third kappa shape index (κ3) is 4.93. The highest BCUT2D eigenvalue weighted by Gasteiger charge is 2.49. The van der Waals surface area contributed by atoms with Crippen LogP contribution in [-0.2, 0) is 27.8 Å². The maximum absolute atomic E-state index is 12.9. The van der Waals surface area contributed by atoms with E-state index in [0.29, 0.717) is 0 Å². The van der Waals surface area contributed by atoms with Gasteiger partial charge < -0.3 is 40.2 Å². The molecule has 0 aromatic carbocycles. The molecule has 0 aliphatic carbocycles. The van der Waals surface area contributed by atoms with Crippen LogP contribution in [0.1, 0.15) is 17.9 Å². The molecule has 21 nitrogen and oxygen atoms in total. The van der Waals surface area contributed by atoms with Gasteiger partial charge in [-0.2, -0.15) is 14.6 Å². The standard InChI is InChI=1S/C19H22N9O12P/c20-18-25-14-8(15(30)26-18)23-4-27(14)16(31)12-17(32)37-5-36-11-7(2-38-41(34,35)40-12)39-10(9(11)29)6-1-24-28-13(6)21-3-22-19(28)33/h1,3-4,7,9-12,16-17,29,31-32H,2,5H2,(H,34,35)(H,21,22,33)(H3,20,25,26,30). The Morgan fingerprint density at radius 2 is 2.00 bits per heavy atom. The number of fused-ring (bicyclic) bond motifs is 3. The number of hydrogen-bond donors (Lipinski definition) is 7. The van der Waals surface area contributed by atoms with Crippen LogP contribution in [0.25, 0.3) is 16.8 Å². The Kier molecular flexibility index (Phi) is 6.94. The number of phosphoric acid groups is 1. The summed E-state index contributed by atoms with van der Waals surface area (Å²) in [5.74, 6) is -0.309. The van der Waals surface area contributed by atoms with Crippen molar-refractivity contribution in [3.8, 4) is 0 Å². The number of nitrogen functional groups attached to an aromatic ring is 1. The second-order valence-corrected chi connectivity index (χ2v) is 10.4. The highest BCUT2D eigenvalue weighted by molar-refractivity contribution is 7.47. The van der Waals surface area contributed by atoms with Crippen LogP contribution in [0.3, 0.4) is 0 Å². The first-order valence-electron chi connectivity index (χ1n) is 11.8. The van der Waals surface area contributed by atoms with E-state index in [0.717, 1.165) is 21.7 Å². The van der Waals surface area contributed by atoms with Crippen molar-refractivity contribution in [1.29, 1.82) is 0 Å². The molecule has 8 N–H and O–H groups in total. The van der Waals surface area contributed by atoms with Crippen molar-refractivity contribution in [2.75, 3.05) is 19.1 Å². The van der Waals surface area contributed by atoms with E-state index < -0.39 is 75.5 Å². The van der Waals surface area contributed by atoms with Gasteiger partial charge in [0.25, 0.3) is 5.56 Å². The van der Waals surface area contributed by atoms with Gasteiger partial charge in [-0.05, 0) is 0 Å². The summed E-state index contributed by atoms with van der Waals surface area (Å²) in [7, 11) is -5.09. The zero-order chi connectivity index (χ0) is 29.1. The summed E-state index contributed by atoms with van der Waals surface area (Å²) in [5.41, 5.74) is 4.11. The summed E-state index contributed by atoms with van der Waals surface area (Å²) in [6, 6.07) is 0. The first-order valence-corrected chi connectivity index (χ1v) is 13.3. The van der Waals surface area contributed by atoms with Crippen LogP contribution in [0.4, 0.5) is 5.95 Å². The molecule has 0 amide bonds. The number of H-pyrrole nitrogens is 2. The average molecular weight is 599 g/mol. The van der Waals surface area contributed by atoms with Crippen molar-refractivity contribution >= 4 is 30.6 Å². The number of ether oxygens (including phenoxy) is 3. The summed E-state index contributed by atoms with van der Waals surface area (Å²) >= 11 is 0. The number of aliphatic hydroxyl groups excluding tert-OH is 3. The van der Waals surface area contributed by atoms with Gasteiger partial charge >= 0.3 is 13.5 Å². The first kappa shape index (κ1) is 27.5. The maximum Gasteiger partial charge on any atom is 0.472 e. The van der Waals surface area contributed by atoms with Crippen LogP contribution < -0.4 is 17.0 Å². The van der Waals surface area contributed by atoms with Crippen molar-refractivity contribution in [2.24, 2.45) is 0 Å². The number of nitrogens with one attached hydrogen (secondary N) is 2. The third-order valence-electron chi connectivity index (χ3n) is 6.45. The van der Waals surface area contributed by atoms with E-state index in [-0.39, 0.29) is 28.3 Å². The number of aliphatic hydroxyl groups is 3. The zero-order valence-corrected chi connectivity index (χ0v) is 21.3. The highest BCUT2D eigenvalue weighted by Crippen LogP contribution is 2.48. The lowest BCUT2D eigenvalue weighted by molar-refractivity contribution is -0.241. The van der Waals surface area contributed by atoms with Crippen LogP contribution >= 0.6 is 7.82 Å². The molecule has 4 aromatic rings. The SMILES string of the molecule is Nc1nc2c(ncn2C(O)C2OP(=O)(O)OCC3OC(c4cnn5c(=O)[nH]cnc45)C(O)C3OCOC2O)c(=O)[nH]1. The van der Waals surface area contributed by atoms with Crippen molar-refractivity contribution in [1.82, 2.24) is 39.1 Å². The summed E-state index contributed by atoms with van der Waals surface area (Å²) in [6.07, 6.45) is -7.80. The van der Waals surface area contributed by atoms with Crippen LogP contribution in [0, 0.1) is 0 Å². The van der Waals surface area contributed by atoms with Crippen LogP contribution in [0.2, 0.25) is 0 Å². The van der Waals surface area contributed by atoms with Crippen LogP contribution in [-0.4, -0.2) is 103 Å². The van der Waals surface area contributed by atoms with E-state index in [1.165, 1.54) is 6.20 Å². The number of aromatic amines is 2. The van der Waals surface area contributed by atoms with Gasteiger partial charge in [-0.25, -0.2) is 19.3 Å². The highest BCUT2D eigenvalue weighted by atomic mass is 31.2. The topological polar surface area (TPSA) is 297 Å². The number of nitrogens with zero attached hydrogens (tertiary/aromatic N) is 6. The first-order chi connectivity index (χ1) is 19.5. The monoisotopic (exact) mass is 599 g/mol. The minimum Gasteiger partial charge on any atom is -0.387 e. The van der Waals surface area contributed by atoms with E-state index in [2.05, 4.69) is 30.0 Å². The van der Waals surface area contributed by atoms with Gasteiger partial charge in [0.15, 0.2) is 42.2 Å². The number of rotatable bonds is 3. The summed E-state index contributed by atoms with van der Waals surface area (Å²) < 4.78 is 41.4. The van der Waals surface area contributed by atoms with E-state index in [1.54, 1.807) is 0 Å². The van der Waals surface area contributed by atoms with E-state index in [1.807, 2.05) is 0 Å². The Balaban J connectivity index is 1.25. The van der Waals surface area contributed by atoms with Gasteiger partial charge in [-0.1, -0.05) is 0 Å². The summed E-state index contributed by atoms with van der Waals surface area (Å²) in [5, 5.41) is 36.5. The summed E-state index contributed by atoms with van der Waals surface area (Å²) in [6.45, 7) is -1.39.